The highest BCUT2D eigenvalue weighted by Crippen LogP contribution is 2.26. The molecule has 2 aromatic rings. The van der Waals surface area contributed by atoms with Crippen molar-refractivity contribution in [1.29, 1.82) is 0 Å². The molecule has 1 heterocycles. The van der Waals surface area contributed by atoms with E-state index >= 15 is 0 Å². The molecular weight excluding hydrogens is 202 g/mol. The minimum Gasteiger partial charge on any atom is -0.478 e. The van der Waals surface area contributed by atoms with Crippen molar-refractivity contribution in [2.24, 2.45) is 7.05 Å². The number of carboxylic acid groups (broad SMARTS) is 1. The predicted molar refractivity (Wildman–Crippen MR) is 64.0 cm³/mol. The fourth-order valence-electron chi connectivity index (χ4n) is 2.22. The summed E-state index contributed by atoms with van der Waals surface area (Å²) in [6.07, 6.45) is 2.93. The summed E-state index contributed by atoms with van der Waals surface area (Å²) in [5, 5.41) is 10.3. The SMILES string of the molecule is CCc1cn(C)c2c(C(=O)O)cc(C)cc12. The van der Waals surface area contributed by atoms with Crippen molar-refractivity contribution in [3.63, 3.8) is 0 Å². The molecule has 0 spiro atoms. The van der Waals surface area contributed by atoms with E-state index in [1.165, 1.54) is 5.56 Å². The minimum absolute atomic E-state index is 0.386. The maximum absolute atomic E-state index is 11.2. The second-order valence-electron chi connectivity index (χ2n) is 4.13. The molecular formula is C13H15NO2. The van der Waals surface area contributed by atoms with Gasteiger partial charge in [0.05, 0.1) is 11.1 Å². The van der Waals surface area contributed by atoms with Crippen molar-refractivity contribution in [1.82, 2.24) is 4.57 Å². The molecule has 1 aromatic heterocycles. The number of rotatable bonds is 2. The van der Waals surface area contributed by atoms with Crippen LogP contribution in [0.4, 0.5) is 0 Å². The molecule has 0 aliphatic heterocycles. The number of fused-ring (bicyclic) bond motifs is 1. The van der Waals surface area contributed by atoms with Crippen LogP contribution in [0.3, 0.4) is 0 Å². The number of hydrogen-bond donors (Lipinski definition) is 1. The molecule has 1 N–H and O–H groups in total. The van der Waals surface area contributed by atoms with Crippen LogP contribution in [-0.2, 0) is 13.5 Å². The highest BCUT2D eigenvalue weighted by molar-refractivity contribution is 6.03. The van der Waals surface area contributed by atoms with Crippen LogP contribution in [0.1, 0.15) is 28.4 Å². The van der Waals surface area contributed by atoms with Gasteiger partial charge in [-0.2, -0.15) is 0 Å². The molecule has 3 nitrogen and oxygen atoms in total. The first-order chi connectivity index (χ1) is 7.54. The van der Waals surface area contributed by atoms with E-state index in [9.17, 15) is 9.90 Å². The summed E-state index contributed by atoms with van der Waals surface area (Å²) in [5.74, 6) is -0.863. The summed E-state index contributed by atoms with van der Waals surface area (Å²) in [4.78, 5) is 11.2. The van der Waals surface area contributed by atoms with Gasteiger partial charge in [-0.25, -0.2) is 4.79 Å². The Morgan fingerprint density at radius 2 is 2.12 bits per heavy atom. The van der Waals surface area contributed by atoms with Crippen molar-refractivity contribution >= 4 is 16.9 Å². The van der Waals surface area contributed by atoms with Crippen LogP contribution in [0.2, 0.25) is 0 Å². The van der Waals surface area contributed by atoms with Crippen LogP contribution in [0, 0.1) is 6.92 Å². The maximum Gasteiger partial charge on any atom is 0.337 e. The molecule has 0 amide bonds. The van der Waals surface area contributed by atoms with Crippen LogP contribution in [-0.4, -0.2) is 15.6 Å². The van der Waals surface area contributed by atoms with Crippen molar-refractivity contribution in [3.05, 3.63) is 35.0 Å². The van der Waals surface area contributed by atoms with Gasteiger partial charge in [0.2, 0.25) is 0 Å². The maximum atomic E-state index is 11.2. The predicted octanol–water partition coefficient (Wildman–Crippen LogP) is 2.75. The Morgan fingerprint density at radius 3 is 2.69 bits per heavy atom. The third kappa shape index (κ3) is 1.48. The number of aromatic nitrogens is 1. The number of aromatic carboxylic acids is 1. The lowest BCUT2D eigenvalue weighted by Gasteiger charge is -2.03. The molecule has 1 aromatic carbocycles. The summed E-state index contributed by atoms with van der Waals surface area (Å²) >= 11 is 0. The standard InChI is InChI=1S/C13H15NO2/c1-4-9-7-14(3)12-10(9)5-8(2)6-11(12)13(15)16/h5-7H,4H2,1-3H3,(H,15,16). The zero-order valence-corrected chi connectivity index (χ0v) is 9.74. The van der Waals surface area contributed by atoms with Crippen LogP contribution in [0.15, 0.2) is 18.3 Å². The highest BCUT2D eigenvalue weighted by Gasteiger charge is 2.14. The Bertz CT molecular complexity index is 567. The van der Waals surface area contributed by atoms with E-state index in [0.717, 1.165) is 22.9 Å². The van der Waals surface area contributed by atoms with Gasteiger partial charge in [0.1, 0.15) is 0 Å². The van der Waals surface area contributed by atoms with Crippen molar-refractivity contribution < 1.29 is 9.90 Å². The fraction of sp³-hybridized carbons (Fsp3) is 0.308. The highest BCUT2D eigenvalue weighted by atomic mass is 16.4. The van der Waals surface area contributed by atoms with E-state index in [1.54, 1.807) is 6.07 Å². The molecule has 0 saturated heterocycles. The number of nitrogens with zero attached hydrogens (tertiary/aromatic N) is 1. The molecule has 3 heteroatoms. The van der Waals surface area contributed by atoms with E-state index in [2.05, 4.69) is 13.0 Å². The monoisotopic (exact) mass is 217 g/mol. The minimum atomic E-state index is -0.863. The van der Waals surface area contributed by atoms with Gasteiger partial charge in [0.25, 0.3) is 0 Å². The smallest absolute Gasteiger partial charge is 0.337 e. The summed E-state index contributed by atoms with van der Waals surface area (Å²) < 4.78 is 1.90. The first-order valence-electron chi connectivity index (χ1n) is 5.36. The molecule has 0 fully saturated rings. The van der Waals surface area contributed by atoms with Gasteiger partial charge in [0.15, 0.2) is 0 Å². The molecule has 84 valence electrons. The number of aryl methyl sites for hydroxylation is 3. The first kappa shape index (κ1) is 10.7. The molecule has 0 atom stereocenters. The van der Waals surface area contributed by atoms with Gasteiger partial charge >= 0.3 is 5.97 Å². The van der Waals surface area contributed by atoms with Gasteiger partial charge in [-0.05, 0) is 36.6 Å². The molecule has 0 radical (unpaired) electrons. The number of carbonyl (C=O) groups is 1. The normalized spacial score (nSPS) is 10.9. The Balaban J connectivity index is 2.91. The second kappa shape index (κ2) is 3.67. The third-order valence-electron chi connectivity index (χ3n) is 2.91. The van der Waals surface area contributed by atoms with Gasteiger partial charge < -0.3 is 9.67 Å². The Kier molecular flexibility index (Phi) is 2.46. The molecule has 0 unspecified atom stereocenters. The molecule has 16 heavy (non-hydrogen) atoms. The number of hydrogen-bond acceptors (Lipinski definition) is 1. The lowest BCUT2D eigenvalue weighted by Crippen LogP contribution is -2.01. The summed E-state index contributed by atoms with van der Waals surface area (Å²) in [6.45, 7) is 4.01. The van der Waals surface area contributed by atoms with Crippen molar-refractivity contribution in [2.45, 2.75) is 20.3 Å². The topological polar surface area (TPSA) is 42.2 Å². The lowest BCUT2D eigenvalue weighted by atomic mass is 10.0. The van der Waals surface area contributed by atoms with Crippen LogP contribution in [0.25, 0.3) is 10.9 Å². The fourth-order valence-corrected chi connectivity index (χ4v) is 2.22. The second-order valence-corrected chi connectivity index (χ2v) is 4.13. The summed E-state index contributed by atoms with van der Waals surface area (Å²) in [6, 6.07) is 3.78. The summed E-state index contributed by atoms with van der Waals surface area (Å²) in [5.41, 5.74) is 3.39. The lowest BCUT2D eigenvalue weighted by molar-refractivity contribution is 0.0698. The largest absolute Gasteiger partial charge is 0.478 e. The third-order valence-corrected chi connectivity index (χ3v) is 2.91. The van der Waals surface area contributed by atoms with E-state index in [0.29, 0.717) is 5.56 Å². The van der Waals surface area contributed by atoms with E-state index in [1.807, 2.05) is 24.7 Å². The van der Waals surface area contributed by atoms with Gasteiger partial charge in [-0.3, -0.25) is 0 Å². The molecule has 0 saturated carbocycles. The number of benzene rings is 1. The van der Waals surface area contributed by atoms with Crippen molar-refractivity contribution in [3.8, 4) is 0 Å². The summed E-state index contributed by atoms with van der Waals surface area (Å²) in [7, 11) is 1.89. The van der Waals surface area contributed by atoms with Crippen LogP contribution < -0.4 is 0 Å². The zero-order valence-electron chi connectivity index (χ0n) is 9.74. The molecule has 0 aliphatic rings. The van der Waals surface area contributed by atoms with Gasteiger partial charge in [-0.15, -0.1) is 0 Å². The van der Waals surface area contributed by atoms with Crippen LogP contribution >= 0.6 is 0 Å². The Hall–Kier alpha value is -1.77. The van der Waals surface area contributed by atoms with Crippen LogP contribution in [0.5, 0.6) is 0 Å². The van der Waals surface area contributed by atoms with E-state index < -0.39 is 5.97 Å². The van der Waals surface area contributed by atoms with E-state index in [4.69, 9.17) is 0 Å². The molecule has 2 rings (SSSR count). The average molecular weight is 217 g/mol. The molecule has 0 bridgehead atoms. The van der Waals surface area contributed by atoms with Crippen molar-refractivity contribution in [2.75, 3.05) is 0 Å². The van der Waals surface area contributed by atoms with Gasteiger partial charge in [-0.1, -0.05) is 6.92 Å². The quantitative estimate of drug-likeness (QED) is 0.840. The molecule has 0 aliphatic carbocycles. The Morgan fingerprint density at radius 1 is 1.44 bits per heavy atom. The van der Waals surface area contributed by atoms with E-state index in [-0.39, 0.29) is 0 Å². The van der Waals surface area contributed by atoms with Gasteiger partial charge in [0, 0.05) is 18.6 Å². The average Bonchev–Trinajstić information content (AvgIpc) is 2.54. The number of carboxylic acids is 1. The first-order valence-corrected chi connectivity index (χ1v) is 5.36. The zero-order chi connectivity index (χ0) is 11.9. The Labute approximate surface area is 94.3 Å².